The number of carboxylic acids is 1. The van der Waals surface area contributed by atoms with Gasteiger partial charge in [-0.3, -0.25) is 9.35 Å². The molecule has 0 amide bonds. The van der Waals surface area contributed by atoms with Crippen LogP contribution in [0.1, 0.15) is 5.56 Å². The highest BCUT2D eigenvalue weighted by molar-refractivity contribution is 7.87. The minimum atomic E-state index is -4.60. The van der Waals surface area contributed by atoms with Crippen molar-refractivity contribution in [3.63, 3.8) is 0 Å². The van der Waals surface area contributed by atoms with Gasteiger partial charge in [0, 0.05) is 6.21 Å². The van der Waals surface area contributed by atoms with Crippen molar-refractivity contribution >= 4 is 22.3 Å². The Morgan fingerprint density at radius 1 is 1.33 bits per heavy atom. The van der Waals surface area contributed by atoms with Crippen molar-refractivity contribution in [3.05, 3.63) is 35.9 Å². The molecule has 0 aliphatic heterocycles. The lowest BCUT2D eigenvalue weighted by Gasteiger charge is -2.17. The van der Waals surface area contributed by atoms with Crippen LogP contribution >= 0.6 is 0 Å². The van der Waals surface area contributed by atoms with E-state index < -0.39 is 27.3 Å². The molecule has 0 spiro atoms. The minimum Gasteiger partial charge on any atom is -0.481 e. The van der Waals surface area contributed by atoms with Crippen LogP contribution in [0.4, 0.5) is 0 Å². The van der Waals surface area contributed by atoms with E-state index in [0.717, 1.165) is 0 Å². The molecule has 98 valence electrons. The summed E-state index contributed by atoms with van der Waals surface area (Å²) in [6.45, 7) is 0. The first-order valence-corrected chi connectivity index (χ1v) is 6.60. The summed E-state index contributed by atoms with van der Waals surface area (Å²) in [4.78, 5) is 11.1. The fourth-order valence-corrected chi connectivity index (χ4v) is 2.42. The Morgan fingerprint density at radius 3 is 2.28 bits per heavy atom. The lowest BCUT2D eigenvalue weighted by atomic mass is 9.96. The summed E-state index contributed by atoms with van der Waals surface area (Å²) in [5, 5.41) is 14.3. The lowest BCUT2D eigenvalue weighted by molar-refractivity contribution is -0.141. The molecule has 1 aromatic rings. The summed E-state index contributed by atoms with van der Waals surface area (Å²) >= 11 is 0. The van der Waals surface area contributed by atoms with Crippen LogP contribution in [0.15, 0.2) is 30.3 Å². The minimum absolute atomic E-state index is 0.0734. The van der Waals surface area contributed by atoms with Crippen molar-refractivity contribution in [3.8, 4) is 0 Å². The van der Waals surface area contributed by atoms with E-state index in [9.17, 15) is 13.2 Å². The Hall–Kier alpha value is -1.73. The third-order valence-corrected chi connectivity index (χ3v) is 3.67. The van der Waals surface area contributed by atoms with Crippen LogP contribution in [0.2, 0.25) is 0 Å². The average Bonchev–Trinajstić information content (AvgIpc) is 2.28. The highest BCUT2D eigenvalue weighted by Crippen LogP contribution is 2.17. The van der Waals surface area contributed by atoms with Gasteiger partial charge >= 0.3 is 5.97 Å². The van der Waals surface area contributed by atoms with E-state index in [-0.39, 0.29) is 6.42 Å². The quantitative estimate of drug-likeness (QED) is 0.523. The maximum absolute atomic E-state index is 11.1. The third kappa shape index (κ3) is 3.64. The van der Waals surface area contributed by atoms with Crippen molar-refractivity contribution in [1.29, 1.82) is 5.41 Å². The molecule has 3 N–H and O–H groups in total. The fraction of sp³-hybridized carbons (Fsp3) is 0.273. The molecule has 7 heteroatoms. The molecule has 0 fully saturated rings. The Labute approximate surface area is 105 Å². The van der Waals surface area contributed by atoms with Crippen LogP contribution in [0, 0.1) is 11.3 Å². The molecule has 1 rings (SSSR count). The normalized spacial score (nSPS) is 14.7. The third-order valence-electron chi connectivity index (χ3n) is 2.52. The zero-order valence-electron chi connectivity index (χ0n) is 9.35. The van der Waals surface area contributed by atoms with Gasteiger partial charge in [0.05, 0.1) is 5.92 Å². The Bertz CT molecular complexity index is 526. The molecular weight excluding hydrogens is 258 g/mol. The number of rotatable bonds is 6. The Kier molecular flexibility index (Phi) is 4.57. The standard InChI is InChI=1S/C11H13NO5S/c12-7-10(18(15,16)17)9(11(13)14)6-8-4-2-1-3-5-8/h1-5,7,9-10,12H,6H2,(H,13,14)(H,15,16,17). The van der Waals surface area contributed by atoms with Crippen molar-refractivity contribution in [2.45, 2.75) is 11.7 Å². The molecule has 6 nitrogen and oxygen atoms in total. The average molecular weight is 271 g/mol. The van der Waals surface area contributed by atoms with E-state index in [2.05, 4.69) is 0 Å². The molecular formula is C11H13NO5S. The van der Waals surface area contributed by atoms with Crippen molar-refractivity contribution < 1.29 is 22.9 Å². The molecule has 0 aliphatic rings. The summed E-state index contributed by atoms with van der Waals surface area (Å²) in [5.74, 6) is -2.76. The van der Waals surface area contributed by atoms with Crippen LogP contribution in [-0.2, 0) is 21.3 Å². The number of hydrogen-bond donors (Lipinski definition) is 3. The topological polar surface area (TPSA) is 116 Å². The molecule has 18 heavy (non-hydrogen) atoms. The van der Waals surface area contributed by atoms with Crippen LogP contribution in [0.5, 0.6) is 0 Å². The molecule has 0 bridgehead atoms. The number of aliphatic carboxylic acids is 1. The van der Waals surface area contributed by atoms with Crippen molar-refractivity contribution in [1.82, 2.24) is 0 Å². The fourth-order valence-electron chi connectivity index (χ4n) is 1.62. The Morgan fingerprint density at radius 2 is 1.89 bits per heavy atom. The molecule has 0 saturated carbocycles. The number of carboxylic acid groups (broad SMARTS) is 1. The Balaban J connectivity index is 3.04. The van der Waals surface area contributed by atoms with Gasteiger partial charge in [0.2, 0.25) is 0 Å². The molecule has 2 atom stereocenters. The van der Waals surface area contributed by atoms with Crippen LogP contribution in [-0.4, -0.2) is 35.5 Å². The zero-order valence-corrected chi connectivity index (χ0v) is 10.2. The predicted molar refractivity (Wildman–Crippen MR) is 65.4 cm³/mol. The maximum Gasteiger partial charge on any atom is 0.308 e. The van der Waals surface area contributed by atoms with Crippen LogP contribution in [0.25, 0.3) is 0 Å². The first kappa shape index (κ1) is 14.3. The highest BCUT2D eigenvalue weighted by Gasteiger charge is 2.35. The molecule has 0 radical (unpaired) electrons. The lowest BCUT2D eigenvalue weighted by Crippen LogP contribution is -2.37. The molecule has 1 aromatic carbocycles. The largest absolute Gasteiger partial charge is 0.481 e. The van der Waals surface area contributed by atoms with E-state index >= 15 is 0 Å². The molecule has 0 heterocycles. The van der Waals surface area contributed by atoms with E-state index in [0.29, 0.717) is 11.8 Å². The maximum atomic E-state index is 11.1. The van der Waals surface area contributed by atoms with Gasteiger partial charge in [-0.25, -0.2) is 0 Å². The molecule has 2 unspecified atom stereocenters. The molecule has 0 aliphatic carbocycles. The zero-order chi connectivity index (χ0) is 13.8. The first-order valence-electron chi connectivity index (χ1n) is 5.10. The summed E-state index contributed by atoms with van der Waals surface area (Å²) < 4.78 is 31.0. The van der Waals surface area contributed by atoms with Gasteiger partial charge in [-0.05, 0) is 12.0 Å². The summed E-state index contributed by atoms with van der Waals surface area (Å²) in [6, 6.07) is 8.44. The van der Waals surface area contributed by atoms with Gasteiger partial charge in [0.25, 0.3) is 10.1 Å². The second-order valence-corrected chi connectivity index (χ2v) is 5.35. The van der Waals surface area contributed by atoms with E-state index in [1.165, 1.54) is 0 Å². The van der Waals surface area contributed by atoms with Gasteiger partial charge in [-0.2, -0.15) is 8.42 Å². The summed E-state index contributed by atoms with van der Waals surface area (Å²) in [5.41, 5.74) is 0.625. The van der Waals surface area contributed by atoms with Gasteiger partial charge in [0.1, 0.15) is 5.25 Å². The number of nitrogens with one attached hydrogen (secondary N) is 1. The second kappa shape index (κ2) is 5.74. The highest BCUT2D eigenvalue weighted by atomic mass is 32.2. The van der Waals surface area contributed by atoms with Crippen molar-refractivity contribution in [2.24, 2.45) is 5.92 Å². The van der Waals surface area contributed by atoms with E-state index in [1.807, 2.05) is 0 Å². The first-order chi connectivity index (χ1) is 8.36. The van der Waals surface area contributed by atoms with Gasteiger partial charge in [-0.1, -0.05) is 30.3 Å². The van der Waals surface area contributed by atoms with E-state index in [4.69, 9.17) is 15.1 Å². The van der Waals surface area contributed by atoms with Gasteiger partial charge in [-0.15, -0.1) is 0 Å². The number of carbonyl (C=O) groups is 1. The second-order valence-electron chi connectivity index (χ2n) is 3.78. The van der Waals surface area contributed by atoms with Crippen LogP contribution in [0.3, 0.4) is 0 Å². The SMILES string of the molecule is N=CC(C(Cc1ccccc1)C(=O)O)S(=O)(=O)O. The smallest absolute Gasteiger partial charge is 0.308 e. The number of benzene rings is 1. The molecule has 0 saturated heterocycles. The monoisotopic (exact) mass is 271 g/mol. The summed E-state index contributed by atoms with van der Waals surface area (Å²) in [6.07, 6.45) is 0.368. The molecule has 0 aromatic heterocycles. The van der Waals surface area contributed by atoms with Crippen LogP contribution < -0.4 is 0 Å². The predicted octanol–water partition coefficient (Wildman–Crippen LogP) is 0.836. The van der Waals surface area contributed by atoms with E-state index in [1.54, 1.807) is 30.3 Å². The number of hydrogen-bond acceptors (Lipinski definition) is 4. The van der Waals surface area contributed by atoms with Crippen molar-refractivity contribution in [2.75, 3.05) is 0 Å². The summed E-state index contributed by atoms with van der Waals surface area (Å²) in [7, 11) is -4.60. The van der Waals surface area contributed by atoms with Gasteiger partial charge < -0.3 is 10.5 Å². The van der Waals surface area contributed by atoms with Gasteiger partial charge in [0.15, 0.2) is 0 Å².